The summed E-state index contributed by atoms with van der Waals surface area (Å²) in [6, 6.07) is 3.20. The van der Waals surface area contributed by atoms with Gasteiger partial charge in [-0.25, -0.2) is 25.1 Å². The van der Waals surface area contributed by atoms with E-state index < -0.39 is 29.6 Å². The SMILES string of the molecule is O=[N+]([O-])n1cccc1.OC[C@H]1O[C@@H](n2cnc3cncnc32)[C@H](O)[C@@H]1O. The average Bonchev–Trinajstić information content (AvgIpc) is 3.37. The van der Waals surface area contributed by atoms with E-state index in [4.69, 9.17) is 9.84 Å². The van der Waals surface area contributed by atoms with Crippen LogP contribution >= 0.6 is 0 Å². The van der Waals surface area contributed by atoms with Crippen LogP contribution in [0.5, 0.6) is 0 Å². The van der Waals surface area contributed by atoms with E-state index in [0.29, 0.717) is 11.2 Å². The normalized spacial score (nSPS) is 25.0. The van der Waals surface area contributed by atoms with E-state index in [2.05, 4.69) is 15.0 Å². The molecule has 12 heteroatoms. The highest BCUT2D eigenvalue weighted by molar-refractivity contribution is 5.68. The summed E-state index contributed by atoms with van der Waals surface area (Å²) in [5.74, 6) is 0. The van der Waals surface area contributed by atoms with Gasteiger partial charge < -0.3 is 20.1 Å². The Morgan fingerprint density at radius 1 is 1.23 bits per heavy atom. The van der Waals surface area contributed by atoms with Gasteiger partial charge in [0.05, 0.1) is 31.5 Å². The van der Waals surface area contributed by atoms with E-state index in [0.717, 1.165) is 4.68 Å². The molecule has 3 N–H and O–H groups in total. The Kier molecular flexibility index (Phi) is 5.18. The van der Waals surface area contributed by atoms with Crippen molar-refractivity contribution in [2.24, 2.45) is 0 Å². The van der Waals surface area contributed by atoms with Crippen molar-refractivity contribution in [2.45, 2.75) is 24.5 Å². The Labute approximate surface area is 146 Å². The lowest BCUT2D eigenvalue weighted by atomic mass is 10.1. The first-order valence-corrected chi connectivity index (χ1v) is 7.55. The van der Waals surface area contributed by atoms with Crippen LogP contribution in [0.3, 0.4) is 0 Å². The van der Waals surface area contributed by atoms with Crippen molar-refractivity contribution in [1.82, 2.24) is 24.2 Å². The smallest absolute Gasteiger partial charge is 0.169 e. The maximum atomic E-state index is 9.91. The molecule has 1 saturated heterocycles. The number of fused-ring (bicyclic) bond motifs is 1. The van der Waals surface area contributed by atoms with Crippen molar-refractivity contribution in [3.05, 3.63) is 53.5 Å². The summed E-state index contributed by atoms with van der Waals surface area (Å²) in [5, 5.41) is 38.0. The number of hydrogen-bond donors (Lipinski definition) is 3. The average molecular weight is 364 g/mol. The highest BCUT2D eigenvalue weighted by Crippen LogP contribution is 2.30. The fraction of sp³-hybridized carbons (Fsp3) is 0.357. The lowest BCUT2D eigenvalue weighted by Crippen LogP contribution is -2.33. The number of hydrogen-bond acceptors (Lipinski definition) is 9. The van der Waals surface area contributed by atoms with Crippen molar-refractivity contribution < 1.29 is 25.1 Å². The number of rotatable bonds is 3. The summed E-state index contributed by atoms with van der Waals surface area (Å²) < 4.78 is 7.80. The van der Waals surface area contributed by atoms with Crippen LogP contribution in [0.1, 0.15) is 6.23 Å². The second kappa shape index (κ2) is 7.53. The molecule has 12 nitrogen and oxygen atoms in total. The van der Waals surface area contributed by atoms with E-state index in [1.165, 1.54) is 29.6 Å². The molecule has 3 aromatic heterocycles. The van der Waals surface area contributed by atoms with E-state index in [1.54, 1.807) is 18.3 Å². The van der Waals surface area contributed by atoms with E-state index in [9.17, 15) is 20.3 Å². The van der Waals surface area contributed by atoms with Gasteiger partial charge in [0.15, 0.2) is 16.9 Å². The van der Waals surface area contributed by atoms with Crippen LogP contribution in [-0.2, 0) is 4.74 Å². The zero-order chi connectivity index (χ0) is 18.7. The van der Waals surface area contributed by atoms with Crippen LogP contribution < -0.4 is 0 Å². The Bertz CT molecular complexity index is 868. The Morgan fingerprint density at radius 2 is 1.96 bits per heavy atom. The molecule has 1 fully saturated rings. The van der Waals surface area contributed by atoms with Crippen molar-refractivity contribution >= 4 is 11.2 Å². The summed E-state index contributed by atoms with van der Waals surface area (Å²) in [6.07, 6.45) is 3.19. The lowest BCUT2D eigenvalue weighted by molar-refractivity contribution is -0.541. The largest absolute Gasteiger partial charge is 0.394 e. The molecule has 0 saturated carbocycles. The second-order valence-electron chi connectivity index (χ2n) is 5.41. The first-order valence-electron chi connectivity index (χ1n) is 7.55. The van der Waals surface area contributed by atoms with Gasteiger partial charge >= 0.3 is 0 Å². The molecule has 4 rings (SSSR count). The predicted octanol–water partition coefficient (Wildman–Crippen LogP) is -1.03. The molecule has 4 heterocycles. The topological polar surface area (TPSA) is 162 Å². The number of nitrogens with zero attached hydrogens (tertiary/aromatic N) is 6. The lowest BCUT2D eigenvalue weighted by Gasteiger charge is -2.16. The number of aromatic nitrogens is 5. The number of aliphatic hydroxyl groups excluding tert-OH is 3. The summed E-state index contributed by atoms with van der Waals surface area (Å²) in [6.45, 7) is -0.365. The molecule has 3 aromatic rings. The molecule has 0 bridgehead atoms. The molecule has 1 aliphatic rings. The van der Waals surface area contributed by atoms with Crippen LogP contribution in [0.25, 0.3) is 11.2 Å². The standard InChI is InChI=1S/C10H12N4O4.C4H4N2O2/c15-2-6-7(16)8(17)10(18-6)14-4-13-5-1-11-3-12-9(5)14;7-6(8)5-3-1-2-4-5/h1,3-4,6-8,10,15-17H,2H2;1-4H/t6-,7-,8-,10-;/m1./s1. The highest BCUT2D eigenvalue weighted by atomic mass is 16.7. The molecule has 0 spiro atoms. The molecule has 1 aliphatic heterocycles. The summed E-state index contributed by atoms with van der Waals surface area (Å²) >= 11 is 0. The van der Waals surface area contributed by atoms with Crippen LogP contribution in [0.15, 0.2) is 43.4 Å². The fourth-order valence-corrected chi connectivity index (χ4v) is 2.52. The molecule has 4 atom stereocenters. The van der Waals surface area contributed by atoms with Gasteiger partial charge in [0, 0.05) is 0 Å². The molecule has 0 aromatic carbocycles. The van der Waals surface area contributed by atoms with Gasteiger partial charge in [0.1, 0.15) is 30.2 Å². The number of nitro groups is 1. The zero-order valence-electron chi connectivity index (χ0n) is 13.3. The number of imidazole rings is 1. The van der Waals surface area contributed by atoms with Crippen molar-refractivity contribution in [3.8, 4) is 0 Å². The van der Waals surface area contributed by atoms with Crippen LogP contribution in [0, 0.1) is 10.1 Å². The van der Waals surface area contributed by atoms with Gasteiger partial charge in [-0.1, -0.05) is 4.68 Å². The molecule has 0 radical (unpaired) electrons. The summed E-state index contributed by atoms with van der Waals surface area (Å²) in [5.41, 5.74) is 1.06. The van der Waals surface area contributed by atoms with Gasteiger partial charge in [-0.3, -0.25) is 4.57 Å². The summed E-state index contributed by atoms with van der Waals surface area (Å²) in [7, 11) is 0. The van der Waals surface area contributed by atoms with Crippen molar-refractivity contribution in [1.29, 1.82) is 0 Å². The Balaban J connectivity index is 0.000000206. The number of aliphatic hydroxyl groups is 3. The van der Waals surface area contributed by atoms with Gasteiger partial charge in [-0.2, -0.15) is 0 Å². The van der Waals surface area contributed by atoms with E-state index in [-0.39, 0.29) is 6.61 Å². The third-order valence-electron chi connectivity index (χ3n) is 3.81. The third-order valence-corrected chi connectivity index (χ3v) is 3.81. The van der Waals surface area contributed by atoms with Crippen LogP contribution in [0.4, 0.5) is 0 Å². The Morgan fingerprint density at radius 3 is 2.54 bits per heavy atom. The molecule has 26 heavy (non-hydrogen) atoms. The fourth-order valence-electron chi connectivity index (χ4n) is 2.52. The number of ether oxygens (including phenoxy) is 1. The molecular weight excluding hydrogens is 348 g/mol. The monoisotopic (exact) mass is 364 g/mol. The maximum absolute atomic E-state index is 9.91. The maximum Gasteiger partial charge on any atom is 0.169 e. The highest BCUT2D eigenvalue weighted by Gasteiger charge is 2.43. The van der Waals surface area contributed by atoms with Crippen LogP contribution in [0.2, 0.25) is 0 Å². The Hall–Kier alpha value is -2.93. The van der Waals surface area contributed by atoms with Gasteiger partial charge in [0.2, 0.25) is 0 Å². The molecule has 0 amide bonds. The molecule has 0 unspecified atom stereocenters. The van der Waals surface area contributed by atoms with Crippen LogP contribution in [-0.4, -0.2) is 69.5 Å². The van der Waals surface area contributed by atoms with Gasteiger partial charge in [-0.15, -0.1) is 0 Å². The summed E-state index contributed by atoms with van der Waals surface area (Å²) in [4.78, 5) is 21.8. The van der Waals surface area contributed by atoms with Gasteiger partial charge in [0.25, 0.3) is 0 Å². The van der Waals surface area contributed by atoms with Crippen molar-refractivity contribution in [2.75, 3.05) is 6.61 Å². The molecule has 138 valence electrons. The second-order valence-corrected chi connectivity index (χ2v) is 5.41. The van der Waals surface area contributed by atoms with E-state index in [1.807, 2.05) is 0 Å². The first-order chi connectivity index (χ1) is 12.5. The molecule has 0 aliphatic carbocycles. The third kappa shape index (κ3) is 3.39. The predicted molar refractivity (Wildman–Crippen MR) is 85.2 cm³/mol. The zero-order valence-corrected chi connectivity index (χ0v) is 13.3. The van der Waals surface area contributed by atoms with E-state index >= 15 is 0 Å². The van der Waals surface area contributed by atoms with Gasteiger partial charge in [-0.05, 0) is 12.1 Å². The quantitative estimate of drug-likeness (QED) is 0.389. The minimum Gasteiger partial charge on any atom is -0.394 e. The minimum atomic E-state index is -1.14. The molecular formula is C14H16N6O6. The first kappa shape index (κ1) is 17.9. The van der Waals surface area contributed by atoms with Crippen molar-refractivity contribution in [3.63, 3.8) is 0 Å². The minimum absolute atomic E-state index is 0.365.